The zero-order valence-electron chi connectivity index (χ0n) is 15.1. The first-order valence-electron chi connectivity index (χ1n) is 9.52. The lowest BCUT2D eigenvalue weighted by Crippen LogP contribution is -2.52. The zero-order valence-corrected chi connectivity index (χ0v) is 15.1. The third-order valence-electron chi connectivity index (χ3n) is 6.18. The molecule has 0 aromatic carbocycles. The molecule has 136 valence electrons. The van der Waals surface area contributed by atoms with Crippen molar-refractivity contribution in [2.75, 3.05) is 0 Å². The molecular formula is C21H25N3O2. The summed E-state index contributed by atoms with van der Waals surface area (Å²) in [5.74, 6) is 2.00. The van der Waals surface area contributed by atoms with Gasteiger partial charge in [-0.2, -0.15) is 0 Å². The highest BCUT2D eigenvalue weighted by Crippen LogP contribution is 2.42. The molecule has 5 heteroatoms. The Morgan fingerprint density at radius 1 is 1.19 bits per heavy atom. The minimum atomic E-state index is -0.650. The van der Waals surface area contributed by atoms with Gasteiger partial charge in [0.05, 0.1) is 30.4 Å². The summed E-state index contributed by atoms with van der Waals surface area (Å²) in [7, 11) is 0. The van der Waals surface area contributed by atoms with Crippen molar-refractivity contribution >= 4 is 10.9 Å². The van der Waals surface area contributed by atoms with Crippen molar-refractivity contribution in [2.24, 2.45) is 0 Å². The second-order valence-corrected chi connectivity index (χ2v) is 8.08. The third-order valence-corrected chi connectivity index (χ3v) is 6.18. The van der Waals surface area contributed by atoms with Gasteiger partial charge in [0.2, 0.25) is 0 Å². The molecule has 3 aromatic rings. The molecule has 2 fully saturated rings. The van der Waals surface area contributed by atoms with Gasteiger partial charge in [0.15, 0.2) is 0 Å². The van der Waals surface area contributed by atoms with Gasteiger partial charge in [0.25, 0.3) is 0 Å². The van der Waals surface area contributed by atoms with E-state index < -0.39 is 5.60 Å². The standard InChI is InChI=1S/C21H25N3O2/c1-15-2-5-19(26-15)13-24-17-3-4-18(24)11-21(25,10-17)14-23-9-7-16-6-8-22-12-20(16)23/h2,5-9,12,17-18,25H,3-4,10-11,13-14H2,1H3/t17-,18-/m0/s1. The summed E-state index contributed by atoms with van der Waals surface area (Å²) in [5.41, 5.74) is 0.449. The van der Waals surface area contributed by atoms with E-state index in [9.17, 15) is 5.11 Å². The molecule has 0 spiro atoms. The van der Waals surface area contributed by atoms with Gasteiger partial charge in [-0.05, 0) is 56.9 Å². The molecule has 0 radical (unpaired) electrons. The highest BCUT2D eigenvalue weighted by Gasteiger charge is 2.47. The van der Waals surface area contributed by atoms with E-state index in [0.717, 1.165) is 36.4 Å². The van der Waals surface area contributed by atoms with E-state index >= 15 is 0 Å². The molecule has 2 aliphatic heterocycles. The van der Waals surface area contributed by atoms with Crippen LogP contribution in [-0.4, -0.2) is 37.2 Å². The Morgan fingerprint density at radius 2 is 2.00 bits per heavy atom. The van der Waals surface area contributed by atoms with Crippen LogP contribution in [0.3, 0.4) is 0 Å². The predicted octanol–water partition coefficient (Wildman–Crippen LogP) is 3.50. The van der Waals surface area contributed by atoms with Gasteiger partial charge in [-0.1, -0.05) is 0 Å². The number of furan rings is 1. The Hall–Kier alpha value is -2.11. The van der Waals surface area contributed by atoms with E-state index in [4.69, 9.17) is 4.42 Å². The number of fused-ring (bicyclic) bond motifs is 3. The maximum Gasteiger partial charge on any atom is 0.118 e. The predicted molar refractivity (Wildman–Crippen MR) is 99.7 cm³/mol. The molecule has 0 unspecified atom stereocenters. The number of nitrogens with zero attached hydrogens (tertiary/aromatic N) is 3. The lowest BCUT2D eigenvalue weighted by molar-refractivity contribution is -0.0658. The molecule has 0 amide bonds. The number of hydrogen-bond donors (Lipinski definition) is 1. The first-order valence-corrected chi connectivity index (χ1v) is 9.52. The molecule has 5 nitrogen and oxygen atoms in total. The Kier molecular flexibility index (Phi) is 3.69. The quantitative estimate of drug-likeness (QED) is 0.782. The van der Waals surface area contributed by atoms with Gasteiger partial charge in [0.1, 0.15) is 11.5 Å². The number of pyridine rings is 1. The molecule has 5 rings (SSSR count). The summed E-state index contributed by atoms with van der Waals surface area (Å²) in [6.07, 6.45) is 9.76. The van der Waals surface area contributed by atoms with Gasteiger partial charge in [-0.15, -0.1) is 0 Å². The Bertz CT molecular complexity index is 914. The van der Waals surface area contributed by atoms with Crippen molar-refractivity contribution in [2.45, 2.75) is 63.4 Å². The minimum absolute atomic E-state index is 0.434. The molecule has 2 bridgehead atoms. The van der Waals surface area contributed by atoms with E-state index in [1.54, 1.807) is 0 Å². The normalized spacial score (nSPS) is 28.8. The molecule has 0 saturated carbocycles. The Balaban J connectivity index is 1.34. The number of aromatic nitrogens is 2. The van der Waals surface area contributed by atoms with Crippen molar-refractivity contribution in [1.82, 2.24) is 14.5 Å². The largest absolute Gasteiger partial charge is 0.465 e. The summed E-state index contributed by atoms with van der Waals surface area (Å²) < 4.78 is 7.94. The van der Waals surface area contributed by atoms with E-state index in [0.29, 0.717) is 18.6 Å². The van der Waals surface area contributed by atoms with Crippen LogP contribution in [0.2, 0.25) is 0 Å². The number of rotatable bonds is 4. The van der Waals surface area contributed by atoms with Crippen LogP contribution in [0, 0.1) is 6.92 Å². The lowest BCUT2D eigenvalue weighted by Gasteiger charge is -2.43. The average molecular weight is 351 g/mol. The van der Waals surface area contributed by atoms with Crippen LogP contribution in [0.1, 0.15) is 37.2 Å². The summed E-state index contributed by atoms with van der Waals surface area (Å²) >= 11 is 0. The van der Waals surface area contributed by atoms with Crippen molar-refractivity contribution in [3.05, 3.63) is 54.4 Å². The molecule has 2 atom stereocenters. The average Bonchev–Trinajstić information content (AvgIpc) is 3.27. The van der Waals surface area contributed by atoms with Gasteiger partial charge in [-0.25, -0.2) is 0 Å². The van der Waals surface area contributed by atoms with Gasteiger partial charge >= 0.3 is 0 Å². The molecule has 1 N–H and O–H groups in total. The summed E-state index contributed by atoms with van der Waals surface area (Å²) in [4.78, 5) is 6.79. The number of aryl methyl sites for hydroxylation is 1. The molecule has 3 aromatic heterocycles. The van der Waals surface area contributed by atoms with Gasteiger partial charge in [-0.3, -0.25) is 9.88 Å². The van der Waals surface area contributed by atoms with Crippen LogP contribution in [0.4, 0.5) is 0 Å². The molecule has 2 aliphatic rings. The maximum atomic E-state index is 11.4. The van der Waals surface area contributed by atoms with Crippen LogP contribution in [-0.2, 0) is 13.1 Å². The summed E-state index contributed by atoms with van der Waals surface area (Å²) in [5, 5.41) is 12.6. The Morgan fingerprint density at radius 3 is 2.73 bits per heavy atom. The van der Waals surface area contributed by atoms with Crippen LogP contribution in [0.5, 0.6) is 0 Å². The number of aliphatic hydroxyl groups is 1. The van der Waals surface area contributed by atoms with Crippen LogP contribution in [0.15, 0.2) is 47.3 Å². The minimum Gasteiger partial charge on any atom is -0.465 e. The number of piperidine rings is 1. The highest BCUT2D eigenvalue weighted by molar-refractivity contribution is 5.78. The smallest absolute Gasteiger partial charge is 0.118 e. The molecule has 2 saturated heterocycles. The maximum absolute atomic E-state index is 11.4. The fourth-order valence-corrected chi connectivity index (χ4v) is 5.03. The van der Waals surface area contributed by atoms with Crippen LogP contribution >= 0.6 is 0 Å². The van der Waals surface area contributed by atoms with Crippen molar-refractivity contribution in [3.63, 3.8) is 0 Å². The fourth-order valence-electron chi connectivity index (χ4n) is 5.03. The SMILES string of the molecule is Cc1ccc(CN2[C@H]3CC[C@H]2CC(O)(Cn2ccc4ccncc42)C3)o1. The van der Waals surface area contributed by atoms with E-state index in [-0.39, 0.29) is 0 Å². The second kappa shape index (κ2) is 5.96. The van der Waals surface area contributed by atoms with Gasteiger partial charge in [0, 0.05) is 29.9 Å². The molecule has 0 aliphatic carbocycles. The fraction of sp³-hybridized carbons (Fsp3) is 0.476. The van der Waals surface area contributed by atoms with Crippen LogP contribution in [0.25, 0.3) is 10.9 Å². The number of hydrogen-bond acceptors (Lipinski definition) is 4. The van der Waals surface area contributed by atoms with Crippen molar-refractivity contribution in [1.29, 1.82) is 0 Å². The molecule has 5 heterocycles. The first kappa shape index (κ1) is 16.1. The van der Waals surface area contributed by atoms with Crippen molar-refractivity contribution in [3.8, 4) is 0 Å². The monoisotopic (exact) mass is 351 g/mol. The van der Waals surface area contributed by atoms with E-state index in [2.05, 4.69) is 32.8 Å². The van der Waals surface area contributed by atoms with E-state index in [1.165, 1.54) is 18.2 Å². The first-order chi connectivity index (χ1) is 12.6. The second-order valence-electron chi connectivity index (χ2n) is 8.08. The Labute approximate surface area is 153 Å². The van der Waals surface area contributed by atoms with Crippen molar-refractivity contribution < 1.29 is 9.52 Å². The topological polar surface area (TPSA) is 54.4 Å². The van der Waals surface area contributed by atoms with Gasteiger partial charge < -0.3 is 14.1 Å². The summed E-state index contributed by atoms with van der Waals surface area (Å²) in [6.45, 7) is 3.49. The molecule has 26 heavy (non-hydrogen) atoms. The molecular weight excluding hydrogens is 326 g/mol. The lowest BCUT2D eigenvalue weighted by atomic mass is 9.85. The van der Waals surface area contributed by atoms with E-state index in [1.807, 2.05) is 31.5 Å². The third kappa shape index (κ3) is 2.75. The summed E-state index contributed by atoms with van der Waals surface area (Å²) in [6, 6.07) is 9.10. The zero-order chi connectivity index (χ0) is 17.7. The highest BCUT2D eigenvalue weighted by atomic mass is 16.3. The van der Waals surface area contributed by atoms with Crippen LogP contribution < -0.4 is 0 Å².